The van der Waals surface area contributed by atoms with Crippen molar-refractivity contribution in [2.45, 2.75) is 51.2 Å². The molecule has 0 saturated carbocycles. The number of nitrogens with zero attached hydrogens (tertiary/aromatic N) is 4. The minimum atomic E-state index is -3.82. The molecule has 3 heterocycles. The summed E-state index contributed by atoms with van der Waals surface area (Å²) in [5.41, 5.74) is 1.54. The standard InChI is InChI=1S/C26H33F2N7O2S/c1-16-14-30-25(32-23-13-21(28)19(15-29-23)17-8-10-35(5)11-9-17)33-24(16)31-18-6-7-20(27)22(12-18)34-38(36,37)26(2,3)4/h6-7,12-15,17,34H,8-11H2,1-5H3,(H2,29,30,31,32,33). The van der Waals surface area contributed by atoms with E-state index in [0.29, 0.717) is 22.6 Å². The van der Waals surface area contributed by atoms with Gasteiger partial charge in [-0.1, -0.05) is 0 Å². The Morgan fingerprint density at radius 3 is 2.37 bits per heavy atom. The molecule has 2 aromatic heterocycles. The second-order valence-electron chi connectivity index (χ2n) is 10.6. The van der Waals surface area contributed by atoms with Crippen molar-refractivity contribution < 1.29 is 17.2 Å². The van der Waals surface area contributed by atoms with Crippen LogP contribution >= 0.6 is 0 Å². The van der Waals surface area contributed by atoms with E-state index in [9.17, 15) is 17.2 Å². The van der Waals surface area contributed by atoms with E-state index >= 15 is 0 Å². The molecule has 204 valence electrons. The van der Waals surface area contributed by atoms with Crippen LogP contribution in [-0.4, -0.2) is 53.2 Å². The van der Waals surface area contributed by atoms with E-state index in [2.05, 4.69) is 42.3 Å². The fourth-order valence-corrected chi connectivity index (χ4v) is 4.74. The Hall–Kier alpha value is -3.38. The average molecular weight is 546 g/mol. The highest BCUT2D eigenvalue weighted by Crippen LogP contribution is 2.31. The lowest BCUT2D eigenvalue weighted by atomic mass is 9.90. The molecule has 0 aliphatic carbocycles. The smallest absolute Gasteiger partial charge is 0.237 e. The van der Waals surface area contributed by atoms with Crippen LogP contribution < -0.4 is 15.4 Å². The van der Waals surface area contributed by atoms with Gasteiger partial charge in [0.2, 0.25) is 16.0 Å². The number of benzene rings is 1. The Labute approximate surface area is 222 Å². The van der Waals surface area contributed by atoms with Gasteiger partial charge in [0.15, 0.2) is 0 Å². The summed E-state index contributed by atoms with van der Waals surface area (Å²) in [5, 5.41) is 6.00. The molecule has 0 amide bonds. The quantitative estimate of drug-likeness (QED) is 0.367. The van der Waals surface area contributed by atoms with Crippen LogP contribution in [0.2, 0.25) is 0 Å². The van der Waals surface area contributed by atoms with Crippen LogP contribution in [0.5, 0.6) is 0 Å². The molecule has 3 aromatic rings. The zero-order chi connectivity index (χ0) is 27.7. The molecule has 0 unspecified atom stereocenters. The van der Waals surface area contributed by atoms with Crippen molar-refractivity contribution in [1.82, 2.24) is 19.9 Å². The number of halogens is 2. The van der Waals surface area contributed by atoms with E-state index in [1.165, 1.54) is 39.0 Å². The lowest BCUT2D eigenvalue weighted by molar-refractivity contribution is 0.253. The summed E-state index contributed by atoms with van der Waals surface area (Å²) in [6, 6.07) is 5.33. The van der Waals surface area contributed by atoms with Gasteiger partial charge >= 0.3 is 0 Å². The van der Waals surface area contributed by atoms with E-state index in [0.717, 1.165) is 32.0 Å². The van der Waals surface area contributed by atoms with Crippen molar-refractivity contribution in [3.05, 3.63) is 59.4 Å². The number of piperidine rings is 1. The zero-order valence-corrected chi connectivity index (χ0v) is 23.0. The number of hydrogen-bond acceptors (Lipinski definition) is 8. The molecule has 1 saturated heterocycles. The Kier molecular flexibility index (Phi) is 7.84. The number of anilines is 5. The third-order valence-electron chi connectivity index (χ3n) is 6.53. The van der Waals surface area contributed by atoms with Gasteiger partial charge in [0.1, 0.15) is 23.3 Å². The van der Waals surface area contributed by atoms with Crippen LogP contribution in [0.25, 0.3) is 0 Å². The highest BCUT2D eigenvalue weighted by atomic mass is 32.2. The molecular formula is C26H33F2N7O2S. The number of likely N-dealkylation sites (tertiary alicyclic amines) is 1. The third-order valence-corrected chi connectivity index (χ3v) is 8.63. The summed E-state index contributed by atoms with van der Waals surface area (Å²) in [5.74, 6) is -0.0155. The predicted octanol–water partition coefficient (Wildman–Crippen LogP) is 5.29. The Balaban J connectivity index is 1.51. The summed E-state index contributed by atoms with van der Waals surface area (Å²) < 4.78 is 55.5. The van der Waals surface area contributed by atoms with Crippen molar-refractivity contribution in [1.29, 1.82) is 0 Å². The maximum atomic E-state index is 14.9. The first-order valence-corrected chi connectivity index (χ1v) is 13.8. The normalized spacial score (nSPS) is 15.3. The molecule has 12 heteroatoms. The Bertz CT molecular complexity index is 1420. The van der Waals surface area contributed by atoms with E-state index in [1.54, 1.807) is 19.3 Å². The van der Waals surface area contributed by atoms with Crippen LogP contribution in [-0.2, 0) is 10.0 Å². The van der Waals surface area contributed by atoms with Crippen LogP contribution in [0.3, 0.4) is 0 Å². The van der Waals surface area contributed by atoms with Gasteiger partial charge in [-0.05, 0) is 84.8 Å². The summed E-state index contributed by atoms with van der Waals surface area (Å²) in [4.78, 5) is 15.3. The molecule has 1 aromatic carbocycles. The number of nitrogens with one attached hydrogen (secondary N) is 3. The number of pyridine rings is 1. The summed E-state index contributed by atoms with van der Waals surface area (Å²) in [6.07, 6.45) is 4.93. The van der Waals surface area contributed by atoms with Crippen LogP contribution in [0, 0.1) is 18.6 Å². The second-order valence-corrected chi connectivity index (χ2v) is 13.0. The van der Waals surface area contributed by atoms with Gasteiger partial charge in [0, 0.05) is 35.3 Å². The number of aromatic nitrogens is 3. The molecule has 0 bridgehead atoms. The largest absolute Gasteiger partial charge is 0.340 e. The number of aryl methyl sites for hydroxylation is 1. The fourth-order valence-electron chi connectivity index (χ4n) is 3.99. The SMILES string of the molecule is Cc1cnc(Nc2cc(F)c(C3CCN(C)CC3)cn2)nc1Nc1ccc(F)c(NS(=O)(=O)C(C)(C)C)c1. The van der Waals surface area contributed by atoms with E-state index < -0.39 is 20.6 Å². The zero-order valence-electron chi connectivity index (χ0n) is 22.1. The first kappa shape index (κ1) is 27.6. The molecule has 4 rings (SSSR count). The average Bonchev–Trinajstić information content (AvgIpc) is 2.83. The van der Waals surface area contributed by atoms with Gasteiger partial charge in [-0.25, -0.2) is 27.2 Å². The Morgan fingerprint density at radius 1 is 1.00 bits per heavy atom. The van der Waals surface area contributed by atoms with Crippen LogP contribution in [0.4, 0.5) is 37.7 Å². The molecule has 38 heavy (non-hydrogen) atoms. The minimum absolute atomic E-state index is 0.146. The summed E-state index contributed by atoms with van der Waals surface area (Å²) >= 11 is 0. The first-order valence-electron chi connectivity index (χ1n) is 12.4. The van der Waals surface area contributed by atoms with Gasteiger partial charge in [0.25, 0.3) is 0 Å². The summed E-state index contributed by atoms with van der Waals surface area (Å²) in [6.45, 7) is 8.21. The van der Waals surface area contributed by atoms with Gasteiger partial charge in [-0.3, -0.25) is 4.72 Å². The van der Waals surface area contributed by atoms with Gasteiger partial charge < -0.3 is 15.5 Å². The summed E-state index contributed by atoms with van der Waals surface area (Å²) in [7, 11) is -1.76. The molecule has 1 fully saturated rings. The number of hydrogen-bond donors (Lipinski definition) is 3. The van der Waals surface area contributed by atoms with Crippen molar-refractivity contribution in [3.63, 3.8) is 0 Å². The highest BCUT2D eigenvalue weighted by Gasteiger charge is 2.30. The highest BCUT2D eigenvalue weighted by molar-refractivity contribution is 7.94. The third kappa shape index (κ3) is 6.36. The van der Waals surface area contributed by atoms with Gasteiger partial charge in [0.05, 0.1) is 10.4 Å². The molecule has 1 aliphatic heterocycles. The number of sulfonamides is 1. The first-order chi connectivity index (χ1) is 17.8. The van der Waals surface area contributed by atoms with Crippen LogP contribution in [0.15, 0.2) is 36.7 Å². The molecule has 3 N–H and O–H groups in total. The van der Waals surface area contributed by atoms with E-state index in [1.807, 2.05) is 0 Å². The van der Waals surface area contributed by atoms with E-state index in [4.69, 9.17) is 0 Å². The van der Waals surface area contributed by atoms with Gasteiger partial charge in [-0.2, -0.15) is 4.98 Å². The molecule has 1 aliphatic rings. The molecule has 0 radical (unpaired) electrons. The maximum Gasteiger partial charge on any atom is 0.237 e. The lowest BCUT2D eigenvalue weighted by Gasteiger charge is -2.29. The van der Waals surface area contributed by atoms with Crippen molar-refractivity contribution >= 4 is 39.0 Å². The van der Waals surface area contributed by atoms with Crippen molar-refractivity contribution in [2.75, 3.05) is 35.5 Å². The molecule has 0 spiro atoms. The van der Waals surface area contributed by atoms with Crippen LogP contribution in [0.1, 0.15) is 50.7 Å². The van der Waals surface area contributed by atoms with Gasteiger partial charge in [-0.15, -0.1) is 0 Å². The molecular weight excluding hydrogens is 512 g/mol. The van der Waals surface area contributed by atoms with Crippen molar-refractivity contribution in [3.8, 4) is 0 Å². The minimum Gasteiger partial charge on any atom is -0.340 e. The molecule has 0 atom stereocenters. The topological polar surface area (TPSA) is 112 Å². The lowest BCUT2D eigenvalue weighted by Crippen LogP contribution is -2.34. The maximum absolute atomic E-state index is 14.9. The van der Waals surface area contributed by atoms with Crippen molar-refractivity contribution in [2.24, 2.45) is 0 Å². The second kappa shape index (κ2) is 10.8. The predicted molar refractivity (Wildman–Crippen MR) is 146 cm³/mol. The Morgan fingerprint density at radius 2 is 1.71 bits per heavy atom. The van der Waals surface area contributed by atoms with E-state index in [-0.39, 0.29) is 29.2 Å². The fraction of sp³-hybridized carbons (Fsp3) is 0.423. The molecule has 9 nitrogen and oxygen atoms in total. The number of rotatable bonds is 7. The monoisotopic (exact) mass is 545 g/mol.